The summed E-state index contributed by atoms with van der Waals surface area (Å²) >= 11 is 6.22. The van der Waals surface area contributed by atoms with E-state index in [4.69, 9.17) is 21.1 Å². The largest absolute Gasteiger partial charge is 0.461 e. The number of hydrogen-bond donors (Lipinski definition) is 2. The Morgan fingerprint density at radius 1 is 1.11 bits per heavy atom. The fraction of sp³-hybridized carbons (Fsp3) is 0.350. The zero-order valence-electron chi connectivity index (χ0n) is 15.0. The molecule has 144 valence electrons. The second kappa shape index (κ2) is 8.71. The van der Waals surface area contributed by atoms with Gasteiger partial charge in [0.2, 0.25) is 6.29 Å². The van der Waals surface area contributed by atoms with Crippen molar-refractivity contribution < 1.29 is 24.5 Å². The highest BCUT2D eigenvalue weighted by Crippen LogP contribution is 2.31. The van der Waals surface area contributed by atoms with Crippen LogP contribution < -0.4 is 4.74 Å². The van der Waals surface area contributed by atoms with Gasteiger partial charge in [-0.2, -0.15) is 0 Å². The number of carbonyl (C=O) groups excluding carboxylic acids is 1. The molecule has 0 bridgehead atoms. The van der Waals surface area contributed by atoms with Gasteiger partial charge in [0, 0.05) is 18.7 Å². The zero-order valence-corrected chi connectivity index (χ0v) is 15.7. The first kappa shape index (κ1) is 19.6. The molecule has 1 fully saturated rings. The van der Waals surface area contributed by atoms with Crippen LogP contribution in [0, 0.1) is 0 Å². The summed E-state index contributed by atoms with van der Waals surface area (Å²) in [7, 11) is 0. The molecule has 2 unspecified atom stereocenters. The van der Waals surface area contributed by atoms with Crippen LogP contribution in [0.5, 0.6) is 5.75 Å². The molecule has 1 amide bonds. The van der Waals surface area contributed by atoms with Crippen LogP contribution in [-0.2, 0) is 4.74 Å². The number of amides is 1. The van der Waals surface area contributed by atoms with E-state index in [1.165, 1.54) is 6.92 Å². The number of hydrogen-bond acceptors (Lipinski definition) is 5. The van der Waals surface area contributed by atoms with Crippen LogP contribution in [0.2, 0.25) is 5.02 Å². The smallest absolute Gasteiger partial charge is 0.254 e. The molecule has 0 aliphatic carbocycles. The van der Waals surface area contributed by atoms with Crippen LogP contribution in [0.1, 0.15) is 17.3 Å². The van der Waals surface area contributed by atoms with E-state index in [0.29, 0.717) is 36.9 Å². The van der Waals surface area contributed by atoms with Crippen LogP contribution in [-0.4, -0.2) is 59.7 Å². The van der Waals surface area contributed by atoms with Gasteiger partial charge in [-0.15, -0.1) is 0 Å². The van der Waals surface area contributed by atoms with E-state index in [0.717, 1.165) is 11.1 Å². The number of benzene rings is 2. The maximum Gasteiger partial charge on any atom is 0.254 e. The van der Waals surface area contributed by atoms with E-state index in [-0.39, 0.29) is 11.7 Å². The van der Waals surface area contributed by atoms with Crippen molar-refractivity contribution in [3.05, 3.63) is 53.1 Å². The lowest BCUT2D eigenvalue weighted by molar-refractivity contribution is -0.0958. The summed E-state index contributed by atoms with van der Waals surface area (Å²) in [6.07, 6.45) is -2.38. The fourth-order valence-electron chi connectivity index (χ4n) is 2.76. The molecule has 3 rings (SSSR count). The first-order valence-electron chi connectivity index (χ1n) is 8.75. The number of aliphatic hydroxyl groups excluding tert-OH is 2. The molecule has 0 radical (unpaired) electrons. The highest BCUT2D eigenvalue weighted by Gasteiger charge is 2.18. The Balaban J connectivity index is 1.73. The van der Waals surface area contributed by atoms with Gasteiger partial charge in [-0.25, -0.2) is 0 Å². The molecule has 2 aromatic rings. The van der Waals surface area contributed by atoms with E-state index in [1.807, 2.05) is 12.1 Å². The monoisotopic (exact) mass is 391 g/mol. The van der Waals surface area contributed by atoms with Crippen molar-refractivity contribution in [1.29, 1.82) is 0 Å². The topological polar surface area (TPSA) is 79.2 Å². The fourth-order valence-corrected chi connectivity index (χ4v) is 2.98. The number of morpholine rings is 1. The molecule has 0 saturated carbocycles. The zero-order chi connectivity index (χ0) is 19.4. The van der Waals surface area contributed by atoms with Crippen molar-refractivity contribution in [1.82, 2.24) is 4.90 Å². The van der Waals surface area contributed by atoms with E-state index in [2.05, 4.69) is 0 Å². The summed E-state index contributed by atoms with van der Waals surface area (Å²) in [6.45, 7) is 3.78. The van der Waals surface area contributed by atoms with Crippen molar-refractivity contribution in [3.8, 4) is 16.9 Å². The third-order valence-electron chi connectivity index (χ3n) is 4.36. The van der Waals surface area contributed by atoms with Crippen LogP contribution in [0.4, 0.5) is 0 Å². The lowest BCUT2D eigenvalue weighted by Gasteiger charge is -2.26. The van der Waals surface area contributed by atoms with Crippen molar-refractivity contribution >= 4 is 17.5 Å². The van der Waals surface area contributed by atoms with Crippen LogP contribution in [0.25, 0.3) is 11.1 Å². The summed E-state index contributed by atoms with van der Waals surface area (Å²) in [5.74, 6) is 0.284. The lowest BCUT2D eigenvalue weighted by Crippen LogP contribution is -2.40. The molecule has 1 aliphatic rings. The molecule has 1 saturated heterocycles. The first-order valence-corrected chi connectivity index (χ1v) is 9.13. The Bertz CT molecular complexity index is 787. The number of rotatable bonds is 5. The third-order valence-corrected chi connectivity index (χ3v) is 4.65. The minimum Gasteiger partial charge on any atom is -0.461 e. The maximum atomic E-state index is 12.5. The Morgan fingerprint density at radius 3 is 2.33 bits per heavy atom. The lowest BCUT2D eigenvalue weighted by atomic mass is 10.0. The van der Waals surface area contributed by atoms with E-state index in [9.17, 15) is 15.0 Å². The second-order valence-corrected chi connectivity index (χ2v) is 6.78. The summed E-state index contributed by atoms with van der Waals surface area (Å²) in [5.41, 5.74) is 2.38. The van der Waals surface area contributed by atoms with E-state index < -0.39 is 12.4 Å². The summed E-state index contributed by atoms with van der Waals surface area (Å²) in [4.78, 5) is 14.3. The Morgan fingerprint density at radius 2 is 1.74 bits per heavy atom. The molecule has 2 N–H and O–H groups in total. The van der Waals surface area contributed by atoms with Gasteiger partial charge in [0.25, 0.3) is 5.91 Å². The number of aliphatic hydroxyl groups is 2. The average Bonchev–Trinajstić information content (AvgIpc) is 2.69. The Labute approximate surface area is 162 Å². The molecule has 0 spiro atoms. The predicted octanol–water partition coefficient (Wildman–Crippen LogP) is 2.56. The van der Waals surface area contributed by atoms with Crippen molar-refractivity contribution in [2.24, 2.45) is 0 Å². The molecule has 0 aromatic heterocycles. The van der Waals surface area contributed by atoms with Crippen molar-refractivity contribution in [2.75, 3.05) is 26.3 Å². The number of carbonyl (C=O) groups is 1. The van der Waals surface area contributed by atoms with Gasteiger partial charge in [-0.3, -0.25) is 4.79 Å². The van der Waals surface area contributed by atoms with E-state index in [1.54, 1.807) is 35.2 Å². The van der Waals surface area contributed by atoms with Crippen molar-refractivity contribution in [3.63, 3.8) is 0 Å². The first-order chi connectivity index (χ1) is 13.0. The van der Waals surface area contributed by atoms with E-state index >= 15 is 0 Å². The molecule has 6 nitrogen and oxygen atoms in total. The van der Waals surface area contributed by atoms with Crippen LogP contribution >= 0.6 is 11.6 Å². The van der Waals surface area contributed by atoms with Gasteiger partial charge in [-0.05, 0) is 42.3 Å². The van der Waals surface area contributed by atoms with Gasteiger partial charge in [0.1, 0.15) is 11.9 Å². The summed E-state index contributed by atoms with van der Waals surface area (Å²) in [6, 6.07) is 12.5. The highest BCUT2D eigenvalue weighted by atomic mass is 35.5. The maximum absolute atomic E-state index is 12.5. The quantitative estimate of drug-likeness (QED) is 0.766. The van der Waals surface area contributed by atoms with Gasteiger partial charge in [0.05, 0.1) is 18.2 Å². The highest BCUT2D eigenvalue weighted by molar-refractivity contribution is 6.32. The Hall–Kier alpha value is -2.12. The molecular weight excluding hydrogens is 370 g/mol. The molecule has 2 atom stereocenters. The molecule has 2 aromatic carbocycles. The van der Waals surface area contributed by atoms with Crippen molar-refractivity contribution in [2.45, 2.75) is 19.3 Å². The summed E-state index contributed by atoms with van der Waals surface area (Å²) < 4.78 is 10.5. The molecule has 1 aliphatic heterocycles. The standard InChI is InChI=1S/C20H22ClNO5/c1-13(23)20(25)27-18-7-6-16(12-17(18)21)14-2-4-15(5-3-14)19(24)22-8-10-26-11-9-22/h2-7,12-13,20,23,25H,8-11H2,1H3. The van der Waals surface area contributed by atoms with Gasteiger partial charge in [-0.1, -0.05) is 29.8 Å². The molecule has 27 heavy (non-hydrogen) atoms. The second-order valence-electron chi connectivity index (χ2n) is 6.38. The van der Waals surface area contributed by atoms with Crippen LogP contribution in [0.3, 0.4) is 0 Å². The predicted molar refractivity (Wildman–Crippen MR) is 102 cm³/mol. The number of ether oxygens (including phenoxy) is 2. The van der Waals surface area contributed by atoms with Gasteiger partial charge >= 0.3 is 0 Å². The minimum absolute atomic E-state index is 0.00117. The SMILES string of the molecule is CC(O)C(O)Oc1ccc(-c2ccc(C(=O)N3CCOCC3)cc2)cc1Cl. The minimum atomic E-state index is -1.35. The van der Waals surface area contributed by atoms with Crippen LogP contribution in [0.15, 0.2) is 42.5 Å². The summed E-state index contributed by atoms with van der Waals surface area (Å²) in [5, 5.41) is 19.2. The average molecular weight is 392 g/mol. The Kier molecular flexibility index (Phi) is 6.34. The number of nitrogens with zero attached hydrogens (tertiary/aromatic N) is 1. The number of halogens is 1. The normalized spacial score (nSPS) is 16.7. The third kappa shape index (κ3) is 4.78. The van der Waals surface area contributed by atoms with Gasteiger partial charge < -0.3 is 24.6 Å². The van der Waals surface area contributed by atoms with Gasteiger partial charge in [0.15, 0.2) is 0 Å². The molecule has 1 heterocycles. The molecular formula is C20H22ClNO5. The molecule has 7 heteroatoms.